The zero-order valence-corrected chi connectivity index (χ0v) is 13.6. The van der Waals surface area contributed by atoms with E-state index in [0.717, 1.165) is 38.5 Å². The molecule has 0 radical (unpaired) electrons. The van der Waals surface area contributed by atoms with Crippen LogP contribution in [0.1, 0.15) is 52.4 Å². The maximum atomic E-state index is 11.9. The lowest BCUT2D eigenvalue weighted by Gasteiger charge is -2.30. The summed E-state index contributed by atoms with van der Waals surface area (Å²) < 4.78 is 12.0. The van der Waals surface area contributed by atoms with Crippen LogP contribution in [0, 0.1) is 0 Å². The van der Waals surface area contributed by atoms with Gasteiger partial charge in [0.15, 0.2) is 0 Å². The summed E-state index contributed by atoms with van der Waals surface area (Å²) in [5, 5.41) is 0. The van der Waals surface area contributed by atoms with Crippen LogP contribution < -0.4 is 0 Å². The van der Waals surface area contributed by atoms with Crippen molar-refractivity contribution in [3.63, 3.8) is 0 Å². The molecule has 2 amide bonds. The summed E-state index contributed by atoms with van der Waals surface area (Å²) in [5.41, 5.74) is 0. The number of rotatable bonds is 9. The van der Waals surface area contributed by atoms with E-state index in [-0.39, 0.29) is 30.1 Å². The SMILES string of the molecule is CCCCOC1CC[C@H](N2C(=O)C=CC2=O)[C@@H]1OCCCC. The molecule has 0 bridgehead atoms. The number of unbranched alkanes of at least 4 members (excludes halogenated alkanes) is 2. The Bertz CT molecular complexity index is 403. The highest BCUT2D eigenvalue weighted by Crippen LogP contribution is 2.31. The minimum absolute atomic E-state index is 0.0189. The van der Waals surface area contributed by atoms with Crippen molar-refractivity contribution < 1.29 is 19.1 Å². The maximum absolute atomic E-state index is 11.9. The van der Waals surface area contributed by atoms with E-state index in [1.165, 1.54) is 17.1 Å². The van der Waals surface area contributed by atoms with Crippen LogP contribution in [0.2, 0.25) is 0 Å². The second-order valence-corrected chi connectivity index (χ2v) is 5.98. The van der Waals surface area contributed by atoms with Crippen molar-refractivity contribution in [3.8, 4) is 0 Å². The first-order valence-corrected chi connectivity index (χ1v) is 8.47. The lowest BCUT2D eigenvalue weighted by Crippen LogP contribution is -2.48. The molecule has 0 N–H and O–H groups in total. The highest BCUT2D eigenvalue weighted by atomic mass is 16.5. The summed E-state index contributed by atoms with van der Waals surface area (Å²) in [4.78, 5) is 25.2. The van der Waals surface area contributed by atoms with Crippen molar-refractivity contribution in [2.45, 2.75) is 70.6 Å². The predicted molar refractivity (Wildman–Crippen MR) is 83.3 cm³/mol. The smallest absolute Gasteiger partial charge is 0.253 e. The van der Waals surface area contributed by atoms with Gasteiger partial charge < -0.3 is 9.47 Å². The van der Waals surface area contributed by atoms with Crippen molar-refractivity contribution in [2.75, 3.05) is 13.2 Å². The Morgan fingerprint density at radius 3 is 2.18 bits per heavy atom. The minimum Gasteiger partial charge on any atom is -0.375 e. The molecule has 0 aromatic carbocycles. The molecular weight excluding hydrogens is 282 g/mol. The van der Waals surface area contributed by atoms with Crippen LogP contribution in [0.3, 0.4) is 0 Å². The molecule has 0 saturated heterocycles. The fourth-order valence-corrected chi connectivity index (χ4v) is 3.07. The molecule has 2 aliphatic rings. The van der Waals surface area contributed by atoms with Crippen LogP contribution in [0.5, 0.6) is 0 Å². The number of amides is 2. The van der Waals surface area contributed by atoms with Crippen LogP contribution in [-0.4, -0.2) is 48.2 Å². The summed E-state index contributed by atoms with van der Waals surface area (Å²) >= 11 is 0. The van der Waals surface area contributed by atoms with E-state index >= 15 is 0 Å². The fraction of sp³-hybridized carbons (Fsp3) is 0.765. The molecule has 1 heterocycles. The lowest BCUT2D eigenvalue weighted by atomic mass is 10.1. The van der Waals surface area contributed by atoms with E-state index in [9.17, 15) is 9.59 Å². The Morgan fingerprint density at radius 1 is 1.00 bits per heavy atom. The molecule has 5 nitrogen and oxygen atoms in total. The van der Waals surface area contributed by atoms with Crippen molar-refractivity contribution in [3.05, 3.63) is 12.2 Å². The van der Waals surface area contributed by atoms with Gasteiger partial charge in [0, 0.05) is 25.4 Å². The Balaban J connectivity index is 2.00. The first-order chi connectivity index (χ1) is 10.7. The van der Waals surface area contributed by atoms with E-state index in [2.05, 4.69) is 13.8 Å². The summed E-state index contributed by atoms with van der Waals surface area (Å²) in [6, 6.07) is -0.196. The quantitative estimate of drug-likeness (QED) is 0.485. The second-order valence-electron chi connectivity index (χ2n) is 5.98. The largest absolute Gasteiger partial charge is 0.375 e. The molecule has 3 atom stereocenters. The van der Waals surface area contributed by atoms with Gasteiger partial charge in [-0.3, -0.25) is 14.5 Å². The van der Waals surface area contributed by atoms with E-state index in [0.29, 0.717) is 13.2 Å². The van der Waals surface area contributed by atoms with Crippen LogP contribution in [0.4, 0.5) is 0 Å². The zero-order chi connectivity index (χ0) is 15.9. The monoisotopic (exact) mass is 309 g/mol. The standard InChI is InChI=1S/C17H27NO4/c1-3-5-11-21-14-8-7-13(17(14)22-12-6-4-2)18-15(19)9-10-16(18)20/h9-10,13-14,17H,3-8,11-12H2,1-2H3/t13-,14?,17-/m0/s1. The van der Waals surface area contributed by atoms with Crippen LogP contribution in [-0.2, 0) is 19.1 Å². The molecule has 1 saturated carbocycles. The highest BCUT2D eigenvalue weighted by Gasteiger charge is 2.45. The number of ether oxygens (including phenoxy) is 2. The summed E-state index contributed by atoms with van der Waals surface area (Å²) in [7, 11) is 0. The molecule has 124 valence electrons. The Hall–Kier alpha value is -1.20. The molecule has 1 unspecified atom stereocenters. The Morgan fingerprint density at radius 2 is 1.59 bits per heavy atom. The topological polar surface area (TPSA) is 55.8 Å². The second kappa shape index (κ2) is 8.44. The first kappa shape index (κ1) is 17.2. The van der Waals surface area contributed by atoms with Gasteiger partial charge in [-0.05, 0) is 25.7 Å². The van der Waals surface area contributed by atoms with Gasteiger partial charge in [0.1, 0.15) is 6.10 Å². The number of carbonyl (C=O) groups is 2. The highest BCUT2D eigenvalue weighted by molar-refractivity contribution is 6.13. The molecule has 22 heavy (non-hydrogen) atoms. The molecule has 1 aliphatic carbocycles. The molecular formula is C17H27NO4. The van der Waals surface area contributed by atoms with Crippen molar-refractivity contribution >= 4 is 11.8 Å². The van der Waals surface area contributed by atoms with Gasteiger partial charge >= 0.3 is 0 Å². The fourth-order valence-electron chi connectivity index (χ4n) is 3.07. The van der Waals surface area contributed by atoms with Gasteiger partial charge in [0.05, 0.1) is 12.1 Å². The van der Waals surface area contributed by atoms with Crippen LogP contribution in [0.25, 0.3) is 0 Å². The zero-order valence-electron chi connectivity index (χ0n) is 13.6. The normalized spacial score (nSPS) is 28.1. The molecule has 1 aliphatic heterocycles. The van der Waals surface area contributed by atoms with E-state index in [1.54, 1.807) is 0 Å². The third kappa shape index (κ3) is 3.96. The Labute approximate surface area is 132 Å². The lowest BCUT2D eigenvalue weighted by molar-refractivity contribution is -0.145. The van der Waals surface area contributed by atoms with E-state index < -0.39 is 0 Å². The van der Waals surface area contributed by atoms with Gasteiger partial charge in [-0.2, -0.15) is 0 Å². The van der Waals surface area contributed by atoms with E-state index in [1.807, 2.05) is 0 Å². The van der Waals surface area contributed by atoms with Crippen molar-refractivity contribution in [2.24, 2.45) is 0 Å². The third-order valence-electron chi connectivity index (χ3n) is 4.31. The Kier molecular flexibility index (Phi) is 6.58. The van der Waals surface area contributed by atoms with Crippen LogP contribution >= 0.6 is 0 Å². The number of nitrogens with zero attached hydrogens (tertiary/aromatic N) is 1. The van der Waals surface area contributed by atoms with Crippen LogP contribution in [0.15, 0.2) is 12.2 Å². The summed E-state index contributed by atoms with van der Waals surface area (Å²) in [5.74, 6) is -0.457. The molecule has 2 rings (SSSR count). The van der Waals surface area contributed by atoms with Crippen molar-refractivity contribution in [1.29, 1.82) is 0 Å². The van der Waals surface area contributed by atoms with Gasteiger partial charge in [-0.25, -0.2) is 0 Å². The van der Waals surface area contributed by atoms with Gasteiger partial charge in [0.2, 0.25) is 0 Å². The summed E-state index contributed by atoms with van der Waals surface area (Å²) in [6.45, 7) is 5.60. The molecule has 0 aromatic heterocycles. The van der Waals surface area contributed by atoms with Gasteiger partial charge in [0.25, 0.3) is 11.8 Å². The molecule has 5 heteroatoms. The van der Waals surface area contributed by atoms with Gasteiger partial charge in [-0.15, -0.1) is 0 Å². The average molecular weight is 309 g/mol. The number of carbonyl (C=O) groups excluding carboxylic acids is 2. The number of imide groups is 1. The minimum atomic E-state index is -0.228. The molecule has 0 aromatic rings. The third-order valence-corrected chi connectivity index (χ3v) is 4.31. The average Bonchev–Trinajstić information content (AvgIpc) is 3.04. The van der Waals surface area contributed by atoms with E-state index in [4.69, 9.17) is 9.47 Å². The molecule has 1 fully saturated rings. The van der Waals surface area contributed by atoms with Gasteiger partial charge in [-0.1, -0.05) is 26.7 Å². The number of hydrogen-bond acceptors (Lipinski definition) is 4. The number of hydrogen-bond donors (Lipinski definition) is 0. The van der Waals surface area contributed by atoms with Crippen molar-refractivity contribution in [1.82, 2.24) is 4.90 Å². The molecule has 0 spiro atoms. The summed E-state index contributed by atoms with van der Waals surface area (Å²) in [6.07, 6.45) is 8.21. The first-order valence-electron chi connectivity index (χ1n) is 8.47. The maximum Gasteiger partial charge on any atom is 0.253 e. The predicted octanol–water partition coefficient (Wildman–Crippen LogP) is 2.44.